The van der Waals surface area contributed by atoms with Gasteiger partial charge in [0.15, 0.2) is 17.5 Å². The van der Waals surface area contributed by atoms with E-state index in [2.05, 4.69) is 184 Å². The van der Waals surface area contributed by atoms with Crippen LogP contribution in [0.1, 0.15) is 52.0 Å². The Bertz CT molecular complexity index is 2050. The Morgan fingerprint density at radius 2 is 0.615 bits per heavy atom. The molecule has 7 aromatic rings. The second-order valence-electron chi connectivity index (χ2n) is 12.6. The third-order valence-electron chi connectivity index (χ3n) is 9.03. The van der Waals surface area contributed by atoms with Crippen LogP contribution in [0, 0.1) is 0 Å². The normalized spacial score (nSPS) is 10.8. The summed E-state index contributed by atoms with van der Waals surface area (Å²) in [6.45, 7) is 6.26. The van der Waals surface area contributed by atoms with E-state index in [1.54, 1.807) is 0 Å². The van der Waals surface area contributed by atoms with Crippen LogP contribution in [0.25, 0.3) is 67.5 Å². The molecule has 0 amide bonds. The molecule has 0 aliphatic rings. The molecule has 0 saturated heterocycles. The highest BCUT2D eigenvalue weighted by molar-refractivity contribution is 9.10. The predicted octanol–water partition coefficient (Wildman–Crippen LogP) is 14.5. The number of benzene rings is 6. The third kappa shape index (κ3) is 9.39. The molecule has 0 N–H and O–H groups in total. The van der Waals surface area contributed by atoms with E-state index in [1.165, 1.54) is 42.4 Å². The van der Waals surface area contributed by atoms with Crippen LogP contribution in [0.3, 0.4) is 0 Å². The zero-order valence-corrected chi connectivity index (χ0v) is 33.2. The molecular formula is C47H43Br2N3. The van der Waals surface area contributed by atoms with Gasteiger partial charge in [0.05, 0.1) is 0 Å². The van der Waals surface area contributed by atoms with Crippen molar-refractivity contribution in [3.63, 3.8) is 0 Å². The summed E-state index contributed by atoms with van der Waals surface area (Å²) in [5.74, 6) is 1.93. The number of unbranched alkanes of at least 4 members (excludes halogenated alkanes) is 3. The lowest BCUT2D eigenvalue weighted by Gasteiger charge is -2.10. The molecule has 0 aliphatic carbocycles. The van der Waals surface area contributed by atoms with Gasteiger partial charge in [0.25, 0.3) is 0 Å². The summed E-state index contributed by atoms with van der Waals surface area (Å²) < 4.78 is 2.12. The largest absolute Gasteiger partial charge is 0.208 e. The highest BCUT2D eigenvalue weighted by Gasteiger charge is 2.14. The molecule has 0 aliphatic heterocycles. The van der Waals surface area contributed by atoms with Crippen LogP contribution < -0.4 is 0 Å². The van der Waals surface area contributed by atoms with Gasteiger partial charge in [0, 0.05) is 25.6 Å². The number of halogens is 2. The molecule has 0 bridgehead atoms. The van der Waals surface area contributed by atoms with Crippen molar-refractivity contribution in [2.24, 2.45) is 0 Å². The first kappa shape index (κ1) is 37.1. The number of aromatic nitrogens is 3. The van der Waals surface area contributed by atoms with Crippen LogP contribution >= 0.6 is 31.9 Å². The molecule has 0 saturated carbocycles. The fraction of sp³-hybridized carbons (Fsp3) is 0.170. The fourth-order valence-corrected chi connectivity index (χ4v) is 6.63. The molecule has 5 heteroatoms. The standard InChI is InChI=1S/C45H37Br2N3.C2H6/c1-2-3-4-5-6-31-7-9-32(10-8-31)33-11-17-38(18-12-33)43-48-44(39-19-13-34(14-20-39)36-23-27-41(46)28-24-36)50-45(49-43)40-21-15-35(16-22-40)37-25-29-42(47)30-26-37;1-2/h7-30H,2-6H2,1H3;1-2H3. The summed E-state index contributed by atoms with van der Waals surface area (Å²) >= 11 is 7.07. The maximum atomic E-state index is 5.01. The van der Waals surface area contributed by atoms with Crippen molar-refractivity contribution in [2.45, 2.75) is 52.9 Å². The second-order valence-corrected chi connectivity index (χ2v) is 14.4. The van der Waals surface area contributed by atoms with Crippen LogP contribution in [0.2, 0.25) is 0 Å². The van der Waals surface area contributed by atoms with Gasteiger partial charge in [-0.1, -0.05) is 193 Å². The number of nitrogens with zero attached hydrogens (tertiary/aromatic N) is 3. The molecule has 52 heavy (non-hydrogen) atoms. The SMILES string of the molecule is CC.CCCCCCc1ccc(-c2ccc(-c3nc(-c4ccc(-c5ccc(Br)cc5)cc4)nc(-c4ccc(-c5ccc(Br)cc5)cc4)n3)cc2)cc1. The zero-order chi connectivity index (χ0) is 36.3. The maximum absolute atomic E-state index is 5.01. The van der Waals surface area contributed by atoms with Crippen molar-refractivity contribution >= 4 is 31.9 Å². The Kier molecular flexibility index (Phi) is 12.9. The van der Waals surface area contributed by atoms with Gasteiger partial charge in [-0.2, -0.15) is 0 Å². The minimum absolute atomic E-state index is 0.642. The molecule has 260 valence electrons. The average molecular weight is 810 g/mol. The smallest absolute Gasteiger partial charge is 0.164 e. The molecule has 1 heterocycles. The van der Waals surface area contributed by atoms with Crippen LogP contribution in [-0.4, -0.2) is 15.0 Å². The highest BCUT2D eigenvalue weighted by atomic mass is 79.9. The van der Waals surface area contributed by atoms with E-state index in [-0.39, 0.29) is 0 Å². The van der Waals surface area contributed by atoms with Gasteiger partial charge in [0.1, 0.15) is 0 Å². The Morgan fingerprint density at radius 1 is 0.346 bits per heavy atom. The Labute approximate surface area is 325 Å². The van der Waals surface area contributed by atoms with E-state index >= 15 is 0 Å². The van der Waals surface area contributed by atoms with Crippen LogP contribution in [0.15, 0.2) is 155 Å². The van der Waals surface area contributed by atoms with Crippen molar-refractivity contribution < 1.29 is 0 Å². The maximum Gasteiger partial charge on any atom is 0.164 e. The molecule has 0 unspecified atom stereocenters. The van der Waals surface area contributed by atoms with Crippen molar-refractivity contribution in [3.05, 3.63) is 160 Å². The minimum atomic E-state index is 0.642. The zero-order valence-electron chi connectivity index (χ0n) is 30.0. The number of hydrogen-bond acceptors (Lipinski definition) is 3. The lowest BCUT2D eigenvalue weighted by molar-refractivity contribution is 0.667. The Balaban J connectivity index is 0.00000228. The number of rotatable bonds is 11. The number of hydrogen-bond donors (Lipinski definition) is 0. The van der Waals surface area contributed by atoms with Crippen LogP contribution in [0.4, 0.5) is 0 Å². The molecule has 0 atom stereocenters. The van der Waals surface area contributed by atoms with Gasteiger partial charge >= 0.3 is 0 Å². The van der Waals surface area contributed by atoms with Gasteiger partial charge < -0.3 is 0 Å². The molecular weight excluding hydrogens is 766 g/mol. The van der Waals surface area contributed by atoms with E-state index in [0.29, 0.717) is 17.5 Å². The molecule has 0 spiro atoms. The second kappa shape index (κ2) is 18.2. The van der Waals surface area contributed by atoms with Gasteiger partial charge in [-0.3, -0.25) is 0 Å². The summed E-state index contributed by atoms with van der Waals surface area (Å²) in [5, 5.41) is 0. The summed E-state index contributed by atoms with van der Waals surface area (Å²) in [5.41, 5.74) is 11.2. The lowest BCUT2D eigenvalue weighted by atomic mass is 10.00. The van der Waals surface area contributed by atoms with E-state index in [4.69, 9.17) is 15.0 Å². The summed E-state index contributed by atoms with van der Waals surface area (Å²) in [4.78, 5) is 15.0. The minimum Gasteiger partial charge on any atom is -0.208 e. The van der Waals surface area contributed by atoms with Gasteiger partial charge in [0.2, 0.25) is 0 Å². The van der Waals surface area contributed by atoms with Gasteiger partial charge in [-0.15, -0.1) is 0 Å². The monoisotopic (exact) mass is 807 g/mol. The van der Waals surface area contributed by atoms with E-state index in [1.807, 2.05) is 13.8 Å². The van der Waals surface area contributed by atoms with Gasteiger partial charge in [-0.05, 0) is 76.1 Å². The quantitative estimate of drug-likeness (QED) is 0.122. The number of aryl methyl sites for hydroxylation is 1. The molecule has 6 aromatic carbocycles. The average Bonchev–Trinajstić information content (AvgIpc) is 3.21. The summed E-state index contributed by atoms with van der Waals surface area (Å²) in [6.07, 6.45) is 6.27. The van der Waals surface area contributed by atoms with Gasteiger partial charge in [-0.25, -0.2) is 15.0 Å². The topological polar surface area (TPSA) is 38.7 Å². The first-order valence-corrected chi connectivity index (χ1v) is 19.8. The fourth-order valence-electron chi connectivity index (χ4n) is 6.10. The molecule has 3 nitrogen and oxygen atoms in total. The van der Waals surface area contributed by atoms with E-state index < -0.39 is 0 Å². The Hall–Kier alpha value is -4.71. The molecule has 0 fully saturated rings. The van der Waals surface area contributed by atoms with Crippen LogP contribution in [-0.2, 0) is 6.42 Å². The van der Waals surface area contributed by atoms with Crippen molar-refractivity contribution in [3.8, 4) is 67.5 Å². The summed E-state index contributed by atoms with van der Waals surface area (Å²) in [7, 11) is 0. The first-order chi connectivity index (χ1) is 25.5. The predicted molar refractivity (Wildman–Crippen MR) is 227 cm³/mol. The lowest BCUT2D eigenvalue weighted by Crippen LogP contribution is -2.00. The Morgan fingerprint density at radius 3 is 0.923 bits per heavy atom. The third-order valence-corrected chi connectivity index (χ3v) is 10.1. The van der Waals surface area contributed by atoms with E-state index in [9.17, 15) is 0 Å². The first-order valence-electron chi connectivity index (χ1n) is 18.2. The van der Waals surface area contributed by atoms with Crippen molar-refractivity contribution in [2.75, 3.05) is 0 Å². The molecule has 0 radical (unpaired) electrons. The highest BCUT2D eigenvalue weighted by Crippen LogP contribution is 2.31. The van der Waals surface area contributed by atoms with Crippen molar-refractivity contribution in [1.29, 1.82) is 0 Å². The molecule has 7 rings (SSSR count). The molecule has 1 aromatic heterocycles. The van der Waals surface area contributed by atoms with Crippen LogP contribution in [0.5, 0.6) is 0 Å². The van der Waals surface area contributed by atoms with Crippen molar-refractivity contribution in [1.82, 2.24) is 15.0 Å². The van der Waals surface area contributed by atoms with E-state index in [0.717, 1.165) is 54.3 Å². The summed E-state index contributed by atoms with van der Waals surface area (Å²) in [6, 6.07) is 51.1.